The highest BCUT2D eigenvalue weighted by atomic mass is 16.3. The van der Waals surface area contributed by atoms with E-state index < -0.39 is 11.8 Å². The Morgan fingerprint density at radius 1 is 1.21 bits per heavy atom. The van der Waals surface area contributed by atoms with Gasteiger partial charge < -0.3 is 10.0 Å². The second-order valence-electron chi connectivity index (χ2n) is 5.64. The maximum absolute atomic E-state index is 12.6. The summed E-state index contributed by atoms with van der Waals surface area (Å²) in [6.07, 6.45) is 1.66. The zero-order valence-electron chi connectivity index (χ0n) is 13.9. The molecule has 1 heterocycles. The molecule has 1 aliphatic rings. The van der Waals surface area contributed by atoms with Crippen molar-refractivity contribution in [3.05, 3.63) is 46.5 Å². The van der Waals surface area contributed by atoms with Crippen LogP contribution in [0.15, 0.2) is 41.0 Å². The minimum atomic E-state index is -0.658. The summed E-state index contributed by atoms with van der Waals surface area (Å²) in [4.78, 5) is 27.6. The molecule has 0 saturated carbocycles. The number of hydrogen-bond donors (Lipinski definition) is 1. The van der Waals surface area contributed by atoms with Crippen LogP contribution in [0.1, 0.15) is 12.5 Å². The molecule has 0 fully saturated rings. The number of benzene rings is 1. The third-order valence-electron chi connectivity index (χ3n) is 3.87. The number of carbonyl (C=O) groups is 2. The zero-order valence-corrected chi connectivity index (χ0v) is 13.9. The fourth-order valence-corrected chi connectivity index (χ4v) is 2.47. The Kier molecular flexibility index (Phi) is 5.17. The van der Waals surface area contributed by atoms with E-state index in [9.17, 15) is 14.9 Å². The van der Waals surface area contributed by atoms with Gasteiger partial charge in [-0.1, -0.05) is 12.1 Å². The number of nitrogens with zero attached hydrogens (tertiary/aromatic N) is 3. The average Bonchev–Trinajstić information content (AvgIpc) is 2.56. The van der Waals surface area contributed by atoms with Crippen molar-refractivity contribution in [2.45, 2.75) is 6.92 Å². The lowest BCUT2D eigenvalue weighted by molar-refractivity contribution is -0.140. The van der Waals surface area contributed by atoms with Crippen LogP contribution in [-0.4, -0.2) is 49.1 Å². The first kappa shape index (κ1) is 17.4. The normalized spacial score (nSPS) is 16.6. The van der Waals surface area contributed by atoms with Crippen molar-refractivity contribution in [1.29, 1.82) is 5.26 Å². The summed E-state index contributed by atoms with van der Waals surface area (Å²) in [5, 5.41) is 18.3. The van der Waals surface area contributed by atoms with Gasteiger partial charge in [-0.05, 0) is 36.3 Å². The van der Waals surface area contributed by atoms with Gasteiger partial charge in [0.05, 0.1) is 13.2 Å². The van der Waals surface area contributed by atoms with Crippen molar-refractivity contribution >= 4 is 23.6 Å². The number of β-amino-alcohol motifs (C(OH)–C–C–N with tert-alkyl or cyclic N) is 1. The van der Waals surface area contributed by atoms with E-state index >= 15 is 0 Å². The van der Waals surface area contributed by atoms with Crippen LogP contribution in [0.3, 0.4) is 0 Å². The first-order valence-electron chi connectivity index (χ1n) is 7.48. The number of anilines is 1. The van der Waals surface area contributed by atoms with E-state index in [4.69, 9.17) is 5.11 Å². The minimum absolute atomic E-state index is 0.0702. The van der Waals surface area contributed by atoms with E-state index in [1.54, 1.807) is 13.0 Å². The van der Waals surface area contributed by atoms with E-state index in [2.05, 4.69) is 0 Å². The van der Waals surface area contributed by atoms with Crippen LogP contribution in [0.25, 0.3) is 6.08 Å². The van der Waals surface area contributed by atoms with Gasteiger partial charge >= 0.3 is 0 Å². The van der Waals surface area contributed by atoms with Crippen molar-refractivity contribution in [3.8, 4) is 6.07 Å². The minimum Gasteiger partial charge on any atom is -0.395 e. The smallest absolute Gasteiger partial charge is 0.271 e. The molecule has 0 aliphatic carbocycles. The van der Waals surface area contributed by atoms with Gasteiger partial charge in [-0.2, -0.15) is 5.26 Å². The first-order chi connectivity index (χ1) is 11.4. The van der Waals surface area contributed by atoms with Crippen molar-refractivity contribution in [2.24, 2.45) is 0 Å². The third kappa shape index (κ3) is 3.21. The molecule has 6 heteroatoms. The van der Waals surface area contributed by atoms with E-state index in [-0.39, 0.29) is 24.3 Å². The van der Waals surface area contributed by atoms with Crippen molar-refractivity contribution < 1.29 is 14.7 Å². The molecule has 6 nitrogen and oxygen atoms in total. The summed E-state index contributed by atoms with van der Waals surface area (Å²) in [6, 6.07) is 9.42. The molecule has 0 radical (unpaired) electrons. The number of amides is 2. The summed E-state index contributed by atoms with van der Waals surface area (Å²) in [5.41, 5.74) is 2.39. The Morgan fingerprint density at radius 3 is 2.33 bits per heavy atom. The molecule has 1 N–H and O–H groups in total. The third-order valence-corrected chi connectivity index (χ3v) is 3.87. The fourth-order valence-electron chi connectivity index (χ4n) is 2.47. The Hall–Kier alpha value is -2.91. The second kappa shape index (κ2) is 7.11. The molecule has 0 aromatic heterocycles. The summed E-state index contributed by atoms with van der Waals surface area (Å²) in [6.45, 7) is 1.11. The van der Waals surface area contributed by atoms with Crippen LogP contribution >= 0.6 is 0 Å². The number of aliphatic hydroxyl groups excluding tert-OH is 1. The Balaban J connectivity index is 2.49. The van der Waals surface area contributed by atoms with Crippen LogP contribution in [0.4, 0.5) is 5.69 Å². The second-order valence-corrected chi connectivity index (χ2v) is 5.64. The zero-order chi connectivity index (χ0) is 17.9. The topological polar surface area (TPSA) is 84.6 Å². The van der Waals surface area contributed by atoms with E-state index in [1.807, 2.05) is 49.3 Å². The molecule has 0 unspecified atom stereocenters. The predicted octanol–water partition coefficient (Wildman–Crippen LogP) is 1.34. The molecule has 2 amide bonds. The quantitative estimate of drug-likeness (QED) is 0.667. The number of nitriles is 1. The summed E-state index contributed by atoms with van der Waals surface area (Å²) < 4.78 is 0. The van der Waals surface area contributed by atoms with Crippen LogP contribution < -0.4 is 4.90 Å². The molecule has 2 rings (SSSR count). The molecule has 1 aromatic rings. The molecular weight excluding hydrogens is 306 g/mol. The number of imide groups is 1. The van der Waals surface area contributed by atoms with Gasteiger partial charge in [-0.3, -0.25) is 14.5 Å². The highest BCUT2D eigenvalue weighted by Crippen LogP contribution is 2.27. The van der Waals surface area contributed by atoms with E-state index in [1.165, 1.54) is 0 Å². The van der Waals surface area contributed by atoms with Crippen LogP contribution in [-0.2, 0) is 9.59 Å². The van der Waals surface area contributed by atoms with Gasteiger partial charge in [0.1, 0.15) is 11.6 Å². The van der Waals surface area contributed by atoms with Crippen LogP contribution in [0.5, 0.6) is 0 Å². The predicted molar refractivity (Wildman–Crippen MR) is 90.9 cm³/mol. The van der Waals surface area contributed by atoms with Crippen LogP contribution in [0, 0.1) is 11.3 Å². The summed E-state index contributed by atoms with van der Waals surface area (Å²) >= 11 is 0. The van der Waals surface area contributed by atoms with Gasteiger partial charge in [-0.25, -0.2) is 0 Å². The molecule has 0 spiro atoms. The lowest BCUT2D eigenvalue weighted by atomic mass is 9.93. The standard InChI is InChI=1S/C18H19N3O3/c1-12-15(10-13-4-6-14(7-5-13)20(2)3)17(23)21(8-9-22)18(24)16(12)11-19/h4-7,10,22H,8-9H2,1-3H3/b15-10+. The highest BCUT2D eigenvalue weighted by Gasteiger charge is 2.34. The highest BCUT2D eigenvalue weighted by molar-refractivity contribution is 6.19. The molecule has 124 valence electrons. The average molecular weight is 325 g/mol. The van der Waals surface area contributed by atoms with Crippen molar-refractivity contribution in [1.82, 2.24) is 4.90 Å². The van der Waals surface area contributed by atoms with Gasteiger partial charge in [0.15, 0.2) is 0 Å². The number of carbonyl (C=O) groups excluding carboxylic acids is 2. The molecular formula is C18H19N3O3. The maximum atomic E-state index is 12.6. The fraction of sp³-hybridized carbons (Fsp3) is 0.278. The summed E-state index contributed by atoms with van der Waals surface area (Å²) in [7, 11) is 3.87. The van der Waals surface area contributed by atoms with Gasteiger partial charge in [-0.15, -0.1) is 0 Å². The monoisotopic (exact) mass is 325 g/mol. The Morgan fingerprint density at radius 2 is 1.83 bits per heavy atom. The molecule has 1 aliphatic heterocycles. The first-order valence-corrected chi connectivity index (χ1v) is 7.48. The van der Waals surface area contributed by atoms with Gasteiger partial charge in [0.2, 0.25) is 0 Å². The van der Waals surface area contributed by atoms with Crippen LogP contribution in [0.2, 0.25) is 0 Å². The van der Waals surface area contributed by atoms with E-state index in [0.29, 0.717) is 5.57 Å². The van der Waals surface area contributed by atoms with Crippen molar-refractivity contribution in [2.75, 3.05) is 32.1 Å². The largest absolute Gasteiger partial charge is 0.395 e. The molecule has 1 aromatic carbocycles. The Bertz CT molecular complexity index is 768. The molecule has 0 atom stereocenters. The van der Waals surface area contributed by atoms with E-state index in [0.717, 1.165) is 16.2 Å². The molecule has 24 heavy (non-hydrogen) atoms. The van der Waals surface area contributed by atoms with Gasteiger partial charge in [0.25, 0.3) is 11.8 Å². The Labute approximate surface area is 140 Å². The summed E-state index contributed by atoms with van der Waals surface area (Å²) in [5.74, 6) is -1.16. The number of hydrogen-bond acceptors (Lipinski definition) is 5. The SMILES string of the molecule is CC1=C(C#N)C(=O)N(CCO)C(=O)/C1=C/c1ccc(N(C)C)cc1. The maximum Gasteiger partial charge on any atom is 0.271 e. The molecule has 0 bridgehead atoms. The lowest BCUT2D eigenvalue weighted by Crippen LogP contribution is -2.44. The molecule has 0 saturated heterocycles. The number of aliphatic hydroxyl groups is 1. The lowest BCUT2D eigenvalue weighted by Gasteiger charge is -2.26. The van der Waals surface area contributed by atoms with Gasteiger partial charge in [0, 0.05) is 25.4 Å². The number of rotatable bonds is 4. The van der Waals surface area contributed by atoms with Crippen molar-refractivity contribution in [3.63, 3.8) is 0 Å².